The molecule has 0 fully saturated rings. The second-order valence-electron chi connectivity index (χ2n) is 8.05. The fourth-order valence-corrected chi connectivity index (χ4v) is 3.64. The number of aliphatic hydroxyl groups is 1. The van der Waals surface area contributed by atoms with Gasteiger partial charge in [-0.25, -0.2) is 0 Å². The normalized spacial score (nSPS) is 33.5. The third kappa shape index (κ3) is 3.08. The van der Waals surface area contributed by atoms with E-state index in [1.54, 1.807) is 18.2 Å². The van der Waals surface area contributed by atoms with Gasteiger partial charge in [0.25, 0.3) is 0 Å². The number of carbonyl (C=O) groups excluding carboxylic acids is 2. The van der Waals surface area contributed by atoms with Crippen LogP contribution in [0.15, 0.2) is 35.6 Å². The first-order valence-corrected chi connectivity index (χ1v) is 7.86. The van der Waals surface area contributed by atoms with E-state index in [2.05, 4.69) is 13.8 Å². The monoisotopic (exact) mass is 302 g/mol. The minimum Gasteiger partial charge on any atom is -0.513 e. The lowest BCUT2D eigenvalue weighted by molar-refractivity contribution is -0.125. The molecule has 0 aromatic rings. The quantitative estimate of drug-likeness (QED) is 0.725. The highest BCUT2D eigenvalue weighted by molar-refractivity contribution is 6.01. The average Bonchev–Trinajstić information content (AvgIpc) is 2.37. The summed E-state index contributed by atoms with van der Waals surface area (Å²) in [5.41, 5.74) is -0.321. The van der Waals surface area contributed by atoms with Crippen molar-refractivity contribution in [3.8, 4) is 0 Å². The first-order valence-electron chi connectivity index (χ1n) is 7.86. The zero-order valence-corrected chi connectivity index (χ0v) is 14.2. The molecule has 0 radical (unpaired) electrons. The number of hydrogen-bond donors (Lipinski definition) is 1. The zero-order valence-electron chi connectivity index (χ0n) is 14.2. The van der Waals surface area contributed by atoms with Crippen LogP contribution < -0.4 is 0 Å². The van der Waals surface area contributed by atoms with Crippen molar-refractivity contribution in [3.05, 3.63) is 35.6 Å². The highest BCUT2D eigenvalue weighted by Gasteiger charge is 2.41. The molecular weight excluding hydrogens is 276 g/mol. The molecule has 1 N–H and O–H groups in total. The lowest BCUT2D eigenvalue weighted by Gasteiger charge is -2.42. The van der Waals surface area contributed by atoms with Crippen molar-refractivity contribution in [2.24, 2.45) is 16.2 Å². The Labute approximate surface area is 132 Å². The molecule has 0 aliphatic heterocycles. The number of aliphatic hydroxyl groups excluding tert-OH is 1. The second-order valence-corrected chi connectivity index (χ2v) is 8.05. The van der Waals surface area contributed by atoms with Crippen molar-refractivity contribution in [2.75, 3.05) is 0 Å². The summed E-state index contributed by atoms with van der Waals surface area (Å²) in [4.78, 5) is 24.3. The standard InChI is InChI=1S/C19H26O3/c1-17(2)8-7-16(22)18(3,4)11-14(21)12-19(5)9-6-13(20)10-15(17)19/h6,9-11,21H,7-8,12H2,1-5H3/b14-11-. The first-order chi connectivity index (χ1) is 9.96. The van der Waals surface area contributed by atoms with E-state index < -0.39 is 10.8 Å². The molecule has 0 spiro atoms. The Bertz CT molecular complexity index is 602. The van der Waals surface area contributed by atoms with Crippen molar-refractivity contribution >= 4 is 11.6 Å². The topological polar surface area (TPSA) is 54.4 Å². The molecular formula is C19H26O3. The van der Waals surface area contributed by atoms with Gasteiger partial charge in [0.2, 0.25) is 0 Å². The molecule has 0 heterocycles. The van der Waals surface area contributed by atoms with Crippen LogP contribution in [0.4, 0.5) is 0 Å². The van der Waals surface area contributed by atoms with Crippen molar-refractivity contribution in [1.82, 2.24) is 0 Å². The summed E-state index contributed by atoms with van der Waals surface area (Å²) < 4.78 is 0. The number of rotatable bonds is 0. The Hall–Kier alpha value is -1.64. The van der Waals surface area contributed by atoms with Gasteiger partial charge in [-0.3, -0.25) is 9.59 Å². The molecule has 0 aromatic heterocycles. The molecule has 0 bridgehead atoms. The predicted octanol–water partition coefficient (Wildman–Crippen LogP) is 4.31. The van der Waals surface area contributed by atoms with Crippen LogP contribution in [0.2, 0.25) is 0 Å². The van der Waals surface area contributed by atoms with Gasteiger partial charge in [0.1, 0.15) is 5.78 Å². The summed E-state index contributed by atoms with van der Waals surface area (Å²) in [6.45, 7) is 9.89. The molecule has 1 atom stereocenters. The molecule has 2 aliphatic rings. The summed E-state index contributed by atoms with van der Waals surface area (Å²) in [6.07, 6.45) is 8.37. The molecule has 2 rings (SSSR count). The van der Waals surface area contributed by atoms with E-state index in [0.717, 1.165) is 5.57 Å². The van der Waals surface area contributed by atoms with E-state index in [-0.39, 0.29) is 22.7 Å². The maximum Gasteiger partial charge on any atom is 0.178 e. The third-order valence-electron chi connectivity index (χ3n) is 5.02. The fourth-order valence-electron chi connectivity index (χ4n) is 3.64. The molecule has 0 aromatic carbocycles. The molecule has 3 nitrogen and oxygen atoms in total. The minimum absolute atomic E-state index is 0.0206. The minimum atomic E-state index is -0.661. The Kier molecular flexibility index (Phi) is 3.97. The zero-order chi connectivity index (χ0) is 16.8. The highest BCUT2D eigenvalue weighted by Crippen LogP contribution is 2.49. The Balaban J connectivity index is 2.56. The molecule has 3 heteroatoms. The van der Waals surface area contributed by atoms with Gasteiger partial charge in [0.05, 0.1) is 5.76 Å². The molecule has 2 aliphatic carbocycles. The average molecular weight is 302 g/mol. The molecule has 0 saturated heterocycles. The Morgan fingerprint density at radius 2 is 1.73 bits per heavy atom. The highest BCUT2D eigenvalue weighted by atomic mass is 16.3. The van der Waals surface area contributed by atoms with Crippen LogP contribution in [0, 0.1) is 16.2 Å². The number of Topliss-reactive ketones (excluding diaryl/α,β-unsaturated/α-hetero) is 1. The van der Waals surface area contributed by atoms with Gasteiger partial charge in [0, 0.05) is 23.7 Å². The Morgan fingerprint density at radius 3 is 2.36 bits per heavy atom. The van der Waals surface area contributed by atoms with Gasteiger partial charge in [0.15, 0.2) is 5.78 Å². The van der Waals surface area contributed by atoms with Crippen LogP contribution in [-0.2, 0) is 9.59 Å². The number of allylic oxidation sites excluding steroid dienone is 6. The summed E-state index contributed by atoms with van der Waals surface area (Å²) >= 11 is 0. The lowest BCUT2D eigenvalue weighted by atomic mass is 9.62. The summed E-state index contributed by atoms with van der Waals surface area (Å²) in [7, 11) is 0. The van der Waals surface area contributed by atoms with E-state index in [9.17, 15) is 14.7 Å². The molecule has 22 heavy (non-hydrogen) atoms. The first kappa shape index (κ1) is 16.7. The van der Waals surface area contributed by atoms with Crippen LogP contribution in [0.3, 0.4) is 0 Å². The number of fused-ring (bicyclic) bond motifs is 1. The summed E-state index contributed by atoms with van der Waals surface area (Å²) in [5, 5.41) is 10.4. The van der Waals surface area contributed by atoms with Crippen molar-refractivity contribution in [2.45, 2.75) is 53.9 Å². The van der Waals surface area contributed by atoms with Crippen LogP contribution in [0.5, 0.6) is 0 Å². The van der Waals surface area contributed by atoms with Gasteiger partial charge in [-0.05, 0) is 43.9 Å². The van der Waals surface area contributed by atoms with Crippen LogP contribution in [0.1, 0.15) is 53.9 Å². The molecule has 0 saturated carbocycles. The second kappa shape index (κ2) is 5.22. The smallest absolute Gasteiger partial charge is 0.178 e. The van der Waals surface area contributed by atoms with Gasteiger partial charge in [-0.2, -0.15) is 0 Å². The van der Waals surface area contributed by atoms with Gasteiger partial charge >= 0.3 is 0 Å². The van der Waals surface area contributed by atoms with Crippen LogP contribution in [-0.4, -0.2) is 16.7 Å². The van der Waals surface area contributed by atoms with Crippen molar-refractivity contribution in [1.29, 1.82) is 0 Å². The van der Waals surface area contributed by atoms with E-state index >= 15 is 0 Å². The number of hydrogen-bond acceptors (Lipinski definition) is 3. The van der Waals surface area contributed by atoms with Gasteiger partial charge < -0.3 is 5.11 Å². The van der Waals surface area contributed by atoms with E-state index in [1.165, 1.54) is 0 Å². The molecule has 0 amide bonds. The largest absolute Gasteiger partial charge is 0.513 e. The lowest BCUT2D eigenvalue weighted by Crippen LogP contribution is -2.34. The maximum atomic E-state index is 12.4. The van der Waals surface area contributed by atoms with Crippen molar-refractivity contribution in [3.63, 3.8) is 0 Å². The van der Waals surface area contributed by atoms with Gasteiger partial charge in [-0.1, -0.05) is 32.4 Å². The van der Waals surface area contributed by atoms with E-state index in [4.69, 9.17) is 0 Å². The summed E-state index contributed by atoms with van der Waals surface area (Å²) in [5.74, 6) is 0.310. The number of ketones is 2. The number of carbonyl (C=O) groups is 2. The third-order valence-corrected chi connectivity index (χ3v) is 5.02. The summed E-state index contributed by atoms with van der Waals surface area (Å²) in [6, 6.07) is 0. The maximum absolute atomic E-state index is 12.4. The van der Waals surface area contributed by atoms with Gasteiger partial charge in [-0.15, -0.1) is 0 Å². The van der Waals surface area contributed by atoms with Crippen molar-refractivity contribution < 1.29 is 14.7 Å². The van der Waals surface area contributed by atoms with E-state index in [0.29, 0.717) is 19.3 Å². The van der Waals surface area contributed by atoms with E-state index in [1.807, 2.05) is 26.8 Å². The predicted molar refractivity (Wildman–Crippen MR) is 87.5 cm³/mol. The molecule has 120 valence electrons. The van der Waals surface area contributed by atoms with Crippen LogP contribution >= 0.6 is 0 Å². The Morgan fingerprint density at radius 1 is 1.09 bits per heavy atom. The molecule has 1 unspecified atom stereocenters. The fraction of sp³-hybridized carbons (Fsp3) is 0.579. The van der Waals surface area contributed by atoms with Crippen LogP contribution in [0.25, 0.3) is 0 Å². The SMILES string of the molecule is CC1(C)/C=C(\O)CC2(C)C=CC(=O)C=C2C(C)(C)CCC1=O.